The molecule has 1 fully saturated rings. The number of aliphatic imine (C=N–C) groups is 1. The Kier molecular flexibility index (Phi) is 12.9. The van der Waals surface area contributed by atoms with Crippen molar-refractivity contribution in [3.8, 4) is 15.4 Å². The average Bonchev–Trinajstić information content (AvgIpc) is 4.09. The van der Waals surface area contributed by atoms with E-state index < -0.39 is 47.4 Å². The number of aliphatic carboxylic acids is 1. The molecule has 5 atom stereocenters. The number of fused-ring (bicyclic) bond motifs is 4. The number of aliphatic hydroxyl groups is 1. The van der Waals surface area contributed by atoms with Gasteiger partial charge >= 0.3 is 5.97 Å². The number of amides is 3. The van der Waals surface area contributed by atoms with Gasteiger partial charge in [0.05, 0.1) is 40.4 Å². The highest BCUT2D eigenvalue weighted by Crippen LogP contribution is 2.41. The highest BCUT2D eigenvalue weighted by atomic mass is 32.1. The molecule has 6 heterocycles. The van der Waals surface area contributed by atoms with Crippen molar-refractivity contribution in [2.75, 3.05) is 18.0 Å². The largest absolute Gasteiger partial charge is 0.481 e. The number of rotatable bonds is 11. The summed E-state index contributed by atoms with van der Waals surface area (Å²) in [4.78, 5) is 70.1. The SMILES string of the molecule is Cc1ncsc1-c1ccc(C(C)NC(=O)[C@@H]2C[C@@H](O)CN2C(=O)C(NC(=O)c2ccc3c(c2)N(c2ccc(C4=N[C@@H](CC(=O)O)c5nnc(C)n5-c5sc(C)c(C)c54)cc2)CCC3)C(C)(C)C)cc1. The number of aliphatic hydroxyl groups excluding tert-OH is 1. The molecule has 3 aliphatic rings. The van der Waals surface area contributed by atoms with E-state index in [9.17, 15) is 29.4 Å². The molecule has 3 amide bonds. The molecule has 15 nitrogen and oxygen atoms in total. The van der Waals surface area contributed by atoms with Crippen molar-refractivity contribution in [3.63, 3.8) is 0 Å². The van der Waals surface area contributed by atoms with Gasteiger partial charge in [-0.25, -0.2) is 4.98 Å². The maximum atomic E-state index is 14.6. The Morgan fingerprint density at radius 2 is 1.65 bits per heavy atom. The Morgan fingerprint density at radius 1 is 0.928 bits per heavy atom. The lowest BCUT2D eigenvalue weighted by atomic mass is 9.85. The molecule has 0 aliphatic carbocycles. The van der Waals surface area contributed by atoms with E-state index in [4.69, 9.17) is 4.99 Å². The second kappa shape index (κ2) is 18.7. The summed E-state index contributed by atoms with van der Waals surface area (Å²) in [6.45, 7) is 16.1. The normalized spacial score (nSPS) is 18.6. The molecule has 6 aromatic rings. The van der Waals surface area contributed by atoms with E-state index in [1.165, 1.54) is 4.90 Å². The molecule has 3 aliphatic heterocycles. The standard InChI is InChI=1S/C52H57N9O6S2/c1-27-30(4)69-51-43(27)44(55-39(24-42(63)64)47-58-57-31(5)61(47)51)34-17-19-37(20-18-34)59-21-9-10-33-13-16-36(22-40(33)59)48(65)56-46(52(6,7)8)50(67)60-25-38(62)23-41(60)49(66)54-28(2)32-11-14-35(15-12-32)45-29(3)53-26-68-45/h11-20,22,26,28,38-39,41,46,62H,9-10,21,23-25H2,1-8H3,(H,54,66)(H,56,65)(H,63,64)/t28?,38-,39+,41+,46?/m1/s1. The lowest BCUT2D eigenvalue weighted by Crippen LogP contribution is -2.57. The van der Waals surface area contributed by atoms with Crippen LogP contribution in [-0.4, -0.2) is 95.5 Å². The lowest BCUT2D eigenvalue weighted by Gasteiger charge is -2.36. The number of carboxylic acids is 1. The number of β-amino-alcohol motifs (C(OH)–C–C–N with tert-alkyl or cyclic N) is 1. The number of aromatic nitrogens is 4. The number of carboxylic acid groups (broad SMARTS) is 1. The van der Waals surface area contributed by atoms with Gasteiger partial charge in [-0.15, -0.1) is 32.9 Å². The van der Waals surface area contributed by atoms with Crippen LogP contribution < -0.4 is 15.5 Å². The van der Waals surface area contributed by atoms with E-state index >= 15 is 0 Å². The third-order valence-electron chi connectivity index (χ3n) is 13.6. The Hall–Kier alpha value is -6.56. The average molecular weight is 968 g/mol. The second-order valence-electron chi connectivity index (χ2n) is 19.4. The maximum absolute atomic E-state index is 14.6. The van der Waals surface area contributed by atoms with Gasteiger partial charge in [0, 0.05) is 52.5 Å². The Morgan fingerprint density at radius 3 is 2.33 bits per heavy atom. The quantitative estimate of drug-likeness (QED) is 0.0985. The van der Waals surface area contributed by atoms with Gasteiger partial charge in [0.2, 0.25) is 11.8 Å². The van der Waals surface area contributed by atoms with Gasteiger partial charge in [0.25, 0.3) is 5.91 Å². The minimum absolute atomic E-state index is 0.0323. The number of carbonyl (C=O) groups excluding carboxylic acids is 3. The van der Waals surface area contributed by atoms with Gasteiger partial charge < -0.3 is 30.6 Å². The van der Waals surface area contributed by atoms with Crippen LogP contribution in [0.4, 0.5) is 11.4 Å². The number of thiazole rings is 1. The van der Waals surface area contributed by atoms with Crippen molar-refractivity contribution >= 4 is 63.5 Å². The van der Waals surface area contributed by atoms with Crippen LogP contribution in [0.5, 0.6) is 0 Å². The molecule has 2 unspecified atom stereocenters. The topological polar surface area (TPSA) is 195 Å². The van der Waals surface area contributed by atoms with Gasteiger partial charge in [-0.05, 0) is 99.4 Å². The highest BCUT2D eigenvalue weighted by Gasteiger charge is 2.45. The molecule has 1 saturated heterocycles. The zero-order valence-corrected chi connectivity index (χ0v) is 41.7. The first-order valence-electron chi connectivity index (χ1n) is 23.3. The zero-order chi connectivity index (χ0) is 49.1. The summed E-state index contributed by atoms with van der Waals surface area (Å²) in [6, 6.07) is 18.6. The van der Waals surface area contributed by atoms with Crippen LogP contribution in [0, 0.1) is 33.1 Å². The first kappa shape index (κ1) is 47.5. The van der Waals surface area contributed by atoms with E-state index in [1.807, 2.05) is 112 Å². The molecular weight excluding hydrogens is 911 g/mol. The number of nitrogens with zero attached hydrogens (tertiary/aromatic N) is 7. The summed E-state index contributed by atoms with van der Waals surface area (Å²) >= 11 is 3.19. The van der Waals surface area contributed by atoms with Crippen molar-refractivity contribution in [2.24, 2.45) is 10.4 Å². The Balaban J connectivity index is 0.931. The maximum Gasteiger partial charge on any atom is 0.306 e. The first-order chi connectivity index (χ1) is 32.9. The van der Waals surface area contributed by atoms with Crippen molar-refractivity contribution < 1.29 is 29.4 Å². The molecule has 17 heteroatoms. The number of hydrogen-bond donors (Lipinski definition) is 4. The highest BCUT2D eigenvalue weighted by molar-refractivity contribution is 7.15. The Labute approximate surface area is 409 Å². The molecule has 0 saturated carbocycles. The summed E-state index contributed by atoms with van der Waals surface area (Å²) in [6.07, 6.45) is 0.672. The molecule has 3 aromatic carbocycles. The number of hydrogen-bond acceptors (Lipinski definition) is 12. The van der Waals surface area contributed by atoms with Crippen molar-refractivity contribution in [1.82, 2.24) is 35.3 Å². The third kappa shape index (κ3) is 9.22. The summed E-state index contributed by atoms with van der Waals surface area (Å²) in [7, 11) is 0. The van der Waals surface area contributed by atoms with Crippen LogP contribution in [0.3, 0.4) is 0 Å². The lowest BCUT2D eigenvalue weighted by molar-refractivity contribution is -0.142. The van der Waals surface area contributed by atoms with E-state index in [1.54, 1.807) is 28.7 Å². The summed E-state index contributed by atoms with van der Waals surface area (Å²) < 4.78 is 1.94. The van der Waals surface area contributed by atoms with E-state index in [0.717, 1.165) is 78.0 Å². The number of anilines is 2. The number of thiophene rings is 1. The molecule has 9 rings (SSSR count). The van der Waals surface area contributed by atoms with Gasteiger partial charge in [0.15, 0.2) is 5.82 Å². The summed E-state index contributed by atoms with van der Waals surface area (Å²) in [5, 5.41) is 36.5. The number of aryl methyl sites for hydroxylation is 4. The minimum Gasteiger partial charge on any atom is -0.481 e. The molecule has 0 spiro atoms. The fourth-order valence-electron chi connectivity index (χ4n) is 9.70. The molecule has 0 bridgehead atoms. The second-order valence-corrected chi connectivity index (χ2v) is 21.5. The number of nitrogens with one attached hydrogen (secondary N) is 2. The van der Waals surface area contributed by atoms with E-state index in [2.05, 4.69) is 44.6 Å². The third-order valence-corrected chi connectivity index (χ3v) is 15.7. The van der Waals surface area contributed by atoms with Crippen LogP contribution in [-0.2, 0) is 20.8 Å². The van der Waals surface area contributed by atoms with E-state index in [0.29, 0.717) is 29.5 Å². The predicted molar refractivity (Wildman–Crippen MR) is 268 cm³/mol. The van der Waals surface area contributed by atoms with Crippen LogP contribution >= 0.6 is 22.7 Å². The molecule has 0 radical (unpaired) electrons. The minimum atomic E-state index is -1.01. The van der Waals surface area contributed by atoms with Gasteiger partial charge in [-0.1, -0.05) is 63.2 Å². The van der Waals surface area contributed by atoms with Crippen molar-refractivity contribution in [1.29, 1.82) is 0 Å². The molecular formula is C52H57N9O6S2. The summed E-state index contributed by atoms with van der Waals surface area (Å²) in [5.74, 6) is -1.05. The molecule has 4 N–H and O–H groups in total. The zero-order valence-electron chi connectivity index (χ0n) is 40.0. The van der Waals surface area contributed by atoms with Crippen LogP contribution in [0.1, 0.15) is 119 Å². The molecule has 69 heavy (non-hydrogen) atoms. The van der Waals surface area contributed by atoms with Gasteiger partial charge in [-0.2, -0.15) is 0 Å². The monoisotopic (exact) mass is 967 g/mol. The Bertz CT molecular complexity index is 3000. The molecule has 358 valence electrons. The van der Waals surface area contributed by atoms with Crippen LogP contribution in [0.2, 0.25) is 0 Å². The number of likely N-dealkylation sites (tertiary alicyclic amines) is 1. The smallest absolute Gasteiger partial charge is 0.306 e. The van der Waals surface area contributed by atoms with Crippen LogP contribution in [0.25, 0.3) is 15.4 Å². The van der Waals surface area contributed by atoms with E-state index in [-0.39, 0.29) is 31.3 Å². The van der Waals surface area contributed by atoms with Crippen LogP contribution in [0.15, 0.2) is 77.2 Å². The first-order valence-corrected chi connectivity index (χ1v) is 25.0. The predicted octanol–water partition coefficient (Wildman–Crippen LogP) is 8.12. The fourth-order valence-corrected chi connectivity index (χ4v) is 11.7. The van der Waals surface area contributed by atoms with Crippen molar-refractivity contribution in [2.45, 2.75) is 111 Å². The summed E-state index contributed by atoms with van der Waals surface area (Å²) in [5.41, 5.74) is 10.8. The number of benzene rings is 3. The van der Waals surface area contributed by atoms with Gasteiger partial charge in [0.1, 0.15) is 29.0 Å². The van der Waals surface area contributed by atoms with Crippen molar-refractivity contribution in [3.05, 3.63) is 128 Å². The molecule has 3 aromatic heterocycles. The van der Waals surface area contributed by atoms with Gasteiger partial charge in [-0.3, -0.25) is 28.7 Å². The fraction of sp³-hybridized carbons (Fsp3) is 0.385. The number of carbonyl (C=O) groups is 4.